The monoisotopic (exact) mass is 290 g/mol. The first-order valence-corrected chi connectivity index (χ1v) is 9.51. The molecule has 1 aliphatic carbocycles. The molecule has 0 aromatic heterocycles. The largest absolute Gasteiger partial charge is 0.129 e. The summed E-state index contributed by atoms with van der Waals surface area (Å²) in [7, 11) is -1.29. The third-order valence-electron chi connectivity index (χ3n) is 4.30. The van der Waals surface area contributed by atoms with Crippen molar-refractivity contribution >= 4 is 19.2 Å². The maximum absolute atomic E-state index is 2.42. The minimum Gasteiger partial charge on any atom is -0.0694 e. The molecule has 2 aromatic rings. The Bertz CT molecular complexity index is 626. The average molecular weight is 290 g/mol. The van der Waals surface area contributed by atoms with Crippen LogP contribution in [0.3, 0.4) is 0 Å². The number of benzene rings is 2. The highest BCUT2D eigenvalue weighted by Crippen LogP contribution is 2.28. The van der Waals surface area contributed by atoms with Crippen molar-refractivity contribution in [2.45, 2.75) is 26.7 Å². The van der Waals surface area contributed by atoms with Crippen LogP contribution in [-0.4, -0.2) is 8.80 Å². The molecule has 0 nitrogen and oxygen atoms in total. The summed E-state index contributed by atoms with van der Waals surface area (Å²) in [5.41, 5.74) is 3.10. The molecule has 0 aliphatic heterocycles. The van der Waals surface area contributed by atoms with Gasteiger partial charge >= 0.3 is 0 Å². The number of allylic oxidation sites excluding steroid dienone is 4. The van der Waals surface area contributed by atoms with Crippen molar-refractivity contribution in [1.29, 1.82) is 0 Å². The molecule has 0 unspecified atom stereocenters. The molecule has 106 valence electrons. The van der Waals surface area contributed by atoms with Crippen LogP contribution in [0.2, 0.25) is 0 Å². The van der Waals surface area contributed by atoms with E-state index in [4.69, 9.17) is 0 Å². The molecule has 0 bridgehead atoms. The van der Waals surface area contributed by atoms with Crippen LogP contribution in [0, 0.1) is 0 Å². The van der Waals surface area contributed by atoms with Crippen LogP contribution in [0.15, 0.2) is 83.1 Å². The Hall–Kier alpha value is -1.86. The van der Waals surface area contributed by atoms with Crippen molar-refractivity contribution in [3.8, 4) is 0 Å². The zero-order chi connectivity index (χ0) is 14.7. The molecule has 21 heavy (non-hydrogen) atoms. The van der Waals surface area contributed by atoms with Gasteiger partial charge in [0.25, 0.3) is 0 Å². The Balaban J connectivity index is 2.11. The maximum atomic E-state index is 2.42. The van der Waals surface area contributed by atoms with E-state index in [9.17, 15) is 0 Å². The fraction of sp³-hybridized carbons (Fsp3) is 0.200. The van der Waals surface area contributed by atoms with Gasteiger partial charge in [0.15, 0.2) is 0 Å². The highest BCUT2D eigenvalue weighted by molar-refractivity contribution is 6.91. The Morgan fingerprint density at radius 2 is 1.38 bits per heavy atom. The van der Waals surface area contributed by atoms with Crippen LogP contribution in [0.25, 0.3) is 0 Å². The molecule has 0 saturated heterocycles. The summed E-state index contributed by atoms with van der Waals surface area (Å²) < 4.78 is 0. The van der Waals surface area contributed by atoms with E-state index in [0.29, 0.717) is 0 Å². The maximum Gasteiger partial charge on any atom is 0.129 e. The van der Waals surface area contributed by atoms with Gasteiger partial charge in [-0.1, -0.05) is 100 Å². The highest BCUT2D eigenvalue weighted by atomic mass is 28.3. The van der Waals surface area contributed by atoms with Gasteiger partial charge in [0, 0.05) is 0 Å². The summed E-state index contributed by atoms with van der Waals surface area (Å²) >= 11 is 0. The zero-order valence-electron chi connectivity index (χ0n) is 12.8. The molecule has 0 fully saturated rings. The Kier molecular flexibility index (Phi) is 4.21. The van der Waals surface area contributed by atoms with E-state index in [1.54, 1.807) is 10.8 Å². The second kappa shape index (κ2) is 6.27. The SMILES string of the molecule is CCC1=C([SiH](c2ccccc2)c2ccccc2)CC(C)=C1. The molecule has 0 N–H and O–H groups in total. The minimum atomic E-state index is -1.29. The van der Waals surface area contributed by atoms with Crippen LogP contribution >= 0.6 is 0 Å². The third-order valence-corrected chi connectivity index (χ3v) is 7.67. The molecular formula is C20H22Si. The average Bonchev–Trinajstić information content (AvgIpc) is 2.90. The molecule has 1 aliphatic rings. The van der Waals surface area contributed by atoms with E-state index in [1.165, 1.54) is 22.4 Å². The normalized spacial score (nSPS) is 14.7. The van der Waals surface area contributed by atoms with Gasteiger partial charge in [0.1, 0.15) is 8.80 Å². The molecule has 0 atom stereocenters. The van der Waals surface area contributed by atoms with Gasteiger partial charge in [-0.05, 0) is 19.8 Å². The van der Waals surface area contributed by atoms with Crippen LogP contribution in [0.1, 0.15) is 26.7 Å². The minimum absolute atomic E-state index is 1.15. The second-order valence-corrected chi connectivity index (χ2v) is 8.72. The van der Waals surface area contributed by atoms with E-state index < -0.39 is 8.80 Å². The van der Waals surface area contributed by atoms with Crippen molar-refractivity contribution in [2.75, 3.05) is 0 Å². The van der Waals surface area contributed by atoms with Gasteiger partial charge in [-0.2, -0.15) is 0 Å². The lowest BCUT2D eigenvalue weighted by atomic mass is 10.2. The van der Waals surface area contributed by atoms with E-state index in [-0.39, 0.29) is 0 Å². The predicted octanol–water partition coefficient (Wildman–Crippen LogP) is 3.62. The smallest absolute Gasteiger partial charge is 0.0694 e. The topological polar surface area (TPSA) is 0 Å². The lowest BCUT2D eigenvalue weighted by Crippen LogP contribution is -2.44. The van der Waals surface area contributed by atoms with Crippen LogP contribution in [-0.2, 0) is 0 Å². The lowest BCUT2D eigenvalue weighted by molar-refractivity contribution is 1.14. The predicted molar refractivity (Wildman–Crippen MR) is 95.0 cm³/mol. The molecule has 1 heteroatoms. The summed E-state index contributed by atoms with van der Waals surface area (Å²) in [6, 6.07) is 22.2. The quantitative estimate of drug-likeness (QED) is 0.754. The van der Waals surface area contributed by atoms with Crippen LogP contribution in [0.4, 0.5) is 0 Å². The molecule has 0 radical (unpaired) electrons. The van der Waals surface area contributed by atoms with E-state index in [1.807, 2.05) is 0 Å². The van der Waals surface area contributed by atoms with Crippen molar-refractivity contribution < 1.29 is 0 Å². The lowest BCUT2D eigenvalue weighted by Gasteiger charge is -2.20. The van der Waals surface area contributed by atoms with E-state index >= 15 is 0 Å². The Morgan fingerprint density at radius 3 is 1.86 bits per heavy atom. The van der Waals surface area contributed by atoms with Crippen molar-refractivity contribution in [2.24, 2.45) is 0 Å². The van der Waals surface area contributed by atoms with Gasteiger partial charge < -0.3 is 0 Å². The number of hydrogen-bond donors (Lipinski definition) is 0. The molecular weight excluding hydrogens is 268 g/mol. The molecule has 0 heterocycles. The van der Waals surface area contributed by atoms with Gasteiger partial charge in [0.2, 0.25) is 0 Å². The summed E-state index contributed by atoms with van der Waals surface area (Å²) in [5, 5.41) is 4.79. The summed E-state index contributed by atoms with van der Waals surface area (Å²) in [6.45, 7) is 4.55. The highest BCUT2D eigenvalue weighted by Gasteiger charge is 2.25. The molecule has 3 rings (SSSR count). The Labute approximate surface area is 129 Å². The molecule has 0 amide bonds. The number of rotatable bonds is 4. The zero-order valence-corrected chi connectivity index (χ0v) is 14.0. The first kappa shape index (κ1) is 14.1. The first-order chi connectivity index (χ1) is 10.3. The fourth-order valence-corrected chi connectivity index (χ4v) is 6.95. The van der Waals surface area contributed by atoms with Gasteiger partial charge in [-0.3, -0.25) is 0 Å². The Morgan fingerprint density at radius 1 is 0.857 bits per heavy atom. The van der Waals surface area contributed by atoms with Gasteiger partial charge in [0.05, 0.1) is 0 Å². The summed E-state index contributed by atoms with van der Waals surface area (Å²) in [4.78, 5) is 0. The van der Waals surface area contributed by atoms with Gasteiger partial charge in [-0.25, -0.2) is 0 Å². The molecule has 0 saturated carbocycles. The standard InChI is InChI=1S/C20H22Si/c1-3-17-14-16(2)15-20(17)21(18-10-6-4-7-11-18)19-12-8-5-9-13-19/h4-14,21H,3,15H2,1-2H3. The summed E-state index contributed by atoms with van der Waals surface area (Å²) in [6.07, 6.45) is 4.74. The van der Waals surface area contributed by atoms with Crippen LogP contribution < -0.4 is 10.4 Å². The number of hydrogen-bond acceptors (Lipinski definition) is 0. The van der Waals surface area contributed by atoms with Crippen molar-refractivity contribution in [3.05, 3.63) is 83.1 Å². The first-order valence-electron chi connectivity index (χ1n) is 7.78. The fourth-order valence-electron chi connectivity index (χ4n) is 3.36. The van der Waals surface area contributed by atoms with E-state index in [0.717, 1.165) is 6.42 Å². The van der Waals surface area contributed by atoms with Crippen molar-refractivity contribution in [1.82, 2.24) is 0 Å². The third kappa shape index (κ3) is 2.93. The van der Waals surface area contributed by atoms with Gasteiger partial charge in [-0.15, -0.1) is 0 Å². The van der Waals surface area contributed by atoms with Crippen molar-refractivity contribution in [3.63, 3.8) is 0 Å². The second-order valence-electron chi connectivity index (χ2n) is 5.83. The summed E-state index contributed by atoms with van der Waals surface area (Å²) in [5.74, 6) is 0. The van der Waals surface area contributed by atoms with Crippen LogP contribution in [0.5, 0.6) is 0 Å². The molecule has 0 spiro atoms. The van der Waals surface area contributed by atoms with E-state index in [2.05, 4.69) is 80.6 Å². The molecule has 2 aromatic carbocycles.